The lowest BCUT2D eigenvalue weighted by atomic mass is 10.2. The molecule has 0 fully saturated rings. The number of carbonyl (C=O) groups is 1. The van der Waals surface area contributed by atoms with E-state index in [0.29, 0.717) is 22.3 Å². The number of hydrogen-bond acceptors (Lipinski definition) is 5. The predicted molar refractivity (Wildman–Crippen MR) is 119 cm³/mol. The van der Waals surface area contributed by atoms with E-state index >= 15 is 0 Å². The van der Waals surface area contributed by atoms with E-state index in [0.717, 1.165) is 6.07 Å². The van der Waals surface area contributed by atoms with Gasteiger partial charge in [-0.3, -0.25) is 18.9 Å². The molecule has 4 aromatic rings. The average molecular weight is 477 g/mol. The summed E-state index contributed by atoms with van der Waals surface area (Å²) in [6, 6.07) is 8.53. The fourth-order valence-electron chi connectivity index (χ4n) is 3.25. The van der Waals surface area contributed by atoms with E-state index in [-0.39, 0.29) is 21.3 Å². The average Bonchev–Trinajstić information content (AvgIpc) is 3.23. The third-order valence-electron chi connectivity index (χ3n) is 4.96. The molecule has 2 aromatic carbocycles. The van der Waals surface area contributed by atoms with Crippen molar-refractivity contribution in [1.29, 1.82) is 0 Å². The molecule has 0 radical (unpaired) electrons. The highest BCUT2D eigenvalue weighted by Crippen LogP contribution is 2.26. The summed E-state index contributed by atoms with van der Waals surface area (Å²) in [5.41, 5.74) is 1.77. The van der Waals surface area contributed by atoms with Gasteiger partial charge in [0.25, 0.3) is 15.9 Å². The molecule has 1 amide bonds. The Hall–Kier alpha value is -3.44. The van der Waals surface area contributed by atoms with E-state index in [9.17, 15) is 17.6 Å². The summed E-state index contributed by atoms with van der Waals surface area (Å²) in [6.45, 7) is 1.66. The van der Waals surface area contributed by atoms with E-state index in [1.165, 1.54) is 33.8 Å². The normalized spacial score (nSPS) is 11.7. The minimum absolute atomic E-state index is 0.0687. The first-order chi connectivity index (χ1) is 15.1. The third-order valence-corrected chi connectivity index (χ3v) is 6.73. The van der Waals surface area contributed by atoms with Crippen LogP contribution in [-0.4, -0.2) is 33.9 Å². The molecule has 0 aliphatic rings. The van der Waals surface area contributed by atoms with Crippen LogP contribution in [0.3, 0.4) is 0 Å². The van der Waals surface area contributed by atoms with Gasteiger partial charge in [0.05, 0.1) is 28.1 Å². The first-order valence-electron chi connectivity index (χ1n) is 9.31. The van der Waals surface area contributed by atoms with Crippen LogP contribution < -0.4 is 10.0 Å². The number of carbonyl (C=O) groups excluding carboxylic acids is 1. The highest BCUT2D eigenvalue weighted by Gasteiger charge is 2.22. The molecule has 2 aromatic heterocycles. The van der Waals surface area contributed by atoms with E-state index in [4.69, 9.17) is 11.6 Å². The fraction of sp³-hybridized carbons (Fsp3) is 0.150. The van der Waals surface area contributed by atoms with Gasteiger partial charge < -0.3 is 5.32 Å². The van der Waals surface area contributed by atoms with Crippen molar-refractivity contribution in [1.82, 2.24) is 19.6 Å². The number of rotatable bonds is 5. The van der Waals surface area contributed by atoms with Crippen molar-refractivity contribution in [2.24, 2.45) is 14.1 Å². The molecule has 0 unspecified atom stereocenters. The third kappa shape index (κ3) is 3.92. The number of nitrogens with one attached hydrogen (secondary N) is 2. The quantitative estimate of drug-likeness (QED) is 0.458. The van der Waals surface area contributed by atoms with Crippen LogP contribution in [0.15, 0.2) is 47.5 Å². The summed E-state index contributed by atoms with van der Waals surface area (Å²) >= 11 is 5.77. The number of fused-ring (bicyclic) bond motifs is 1. The van der Waals surface area contributed by atoms with Crippen LogP contribution in [-0.2, 0) is 24.1 Å². The number of amides is 1. The highest BCUT2D eigenvalue weighted by molar-refractivity contribution is 7.92. The van der Waals surface area contributed by atoms with Gasteiger partial charge in [-0.1, -0.05) is 11.6 Å². The van der Waals surface area contributed by atoms with Gasteiger partial charge in [-0.2, -0.15) is 10.2 Å². The zero-order valence-electron chi connectivity index (χ0n) is 17.2. The molecule has 4 rings (SSSR count). The number of hydrogen-bond donors (Lipinski definition) is 2. The topological polar surface area (TPSA) is 111 Å². The van der Waals surface area contributed by atoms with Gasteiger partial charge in [-0.15, -0.1) is 0 Å². The maximum absolute atomic E-state index is 13.4. The largest absolute Gasteiger partial charge is 0.321 e. The maximum Gasteiger partial charge on any atom is 0.274 e. The number of benzene rings is 2. The standard InChI is InChI=1S/C20H18ClFN6O3S/c1-11-18(10-23-27(11)2)32(30,31)26-13-4-6-14-17(9-13)25-28(3)19(14)20(29)24-12-5-7-16(22)15(21)8-12/h4-10,26H,1-3H3,(H,24,29). The summed E-state index contributed by atoms with van der Waals surface area (Å²) in [7, 11) is -0.604. The van der Waals surface area contributed by atoms with Crippen LogP contribution in [0.25, 0.3) is 10.9 Å². The van der Waals surface area contributed by atoms with Gasteiger partial charge in [0.15, 0.2) is 0 Å². The molecule has 166 valence electrons. The highest BCUT2D eigenvalue weighted by atomic mass is 35.5. The number of halogens is 2. The summed E-state index contributed by atoms with van der Waals surface area (Å²) in [4.78, 5) is 12.9. The van der Waals surface area contributed by atoms with Crippen molar-refractivity contribution in [3.05, 3.63) is 64.8 Å². The molecule has 2 N–H and O–H groups in total. The molecule has 0 atom stereocenters. The first kappa shape index (κ1) is 21.8. The molecule has 0 aliphatic heterocycles. The lowest BCUT2D eigenvalue weighted by Gasteiger charge is -2.08. The van der Waals surface area contributed by atoms with Gasteiger partial charge in [-0.05, 0) is 43.3 Å². The molecule has 0 spiro atoms. The van der Waals surface area contributed by atoms with Gasteiger partial charge in [0.2, 0.25) is 0 Å². The number of aryl methyl sites for hydroxylation is 2. The second kappa shape index (κ2) is 7.92. The van der Waals surface area contributed by atoms with E-state index in [1.807, 2.05) is 0 Å². The van der Waals surface area contributed by atoms with E-state index < -0.39 is 21.7 Å². The summed E-state index contributed by atoms with van der Waals surface area (Å²) in [5, 5.41) is 11.3. The van der Waals surface area contributed by atoms with Gasteiger partial charge in [0.1, 0.15) is 16.4 Å². The van der Waals surface area contributed by atoms with E-state index in [1.54, 1.807) is 33.2 Å². The summed E-state index contributed by atoms with van der Waals surface area (Å²) in [6.07, 6.45) is 1.28. The van der Waals surface area contributed by atoms with Crippen LogP contribution in [0.5, 0.6) is 0 Å². The first-order valence-corrected chi connectivity index (χ1v) is 11.2. The smallest absolute Gasteiger partial charge is 0.274 e. The summed E-state index contributed by atoms with van der Waals surface area (Å²) < 4.78 is 44.1. The Bertz CT molecular complexity index is 1480. The molecule has 2 heterocycles. The van der Waals surface area contributed by atoms with Crippen molar-refractivity contribution < 1.29 is 17.6 Å². The molecule has 9 nitrogen and oxygen atoms in total. The van der Waals surface area contributed by atoms with Gasteiger partial charge in [0, 0.05) is 25.2 Å². The zero-order valence-corrected chi connectivity index (χ0v) is 18.8. The Kier molecular flexibility index (Phi) is 5.39. The molecule has 12 heteroatoms. The van der Waals surface area contributed by atoms with Crippen molar-refractivity contribution in [2.75, 3.05) is 10.0 Å². The predicted octanol–water partition coefficient (Wildman–Crippen LogP) is 3.46. The second-order valence-corrected chi connectivity index (χ2v) is 9.17. The SMILES string of the molecule is Cc1c(S(=O)(=O)Nc2ccc3c(C(=O)Nc4ccc(F)c(Cl)c4)n(C)nc3c2)cnn1C. The number of nitrogens with zero attached hydrogens (tertiary/aromatic N) is 4. The Morgan fingerprint density at radius 2 is 1.81 bits per heavy atom. The molecular weight excluding hydrogens is 459 g/mol. The van der Waals surface area contributed by atoms with Crippen molar-refractivity contribution in [3.63, 3.8) is 0 Å². The van der Waals surface area contributed by atoms with Crippen molar-refractivity contribution in [3.8, 4) is 0 Å². The van der Waals surface area contributed by atoms with Gasteiger partial charge >= 0.3 is 0 Å². The zero-order chi connectivity index (χ0) is 23.2. The lowest BCUT2D eigenvalue weighted by molar-refractivity contribution is 0.101. The Morgan fingerprint density at radius 3 is 2.47 bits per heavy atom. The van der Waals surface area contributed by atoms with Crippen LogP contribution >= 0.6 is 11.6 Å². The molecule has 0 bridgehead atoms. The number of anilines is 2. The molecule has 32 heavy (non-hydrogen) atoms. The maximum atomic E-state index is 13.4. The van der Waals surface area contributed by atoms with E-state index in [2.05, 4.69) is 20.2 Å². The van der Waals surface area contributed by atoms with Crippen LogP contribution in [0.4, 0.5) is 15.8 Å². The molecule has 0 aliphatic carbocycles. The van der Waals surface area contributed by atoms with Crippen molar-refractivity contribution >= 4 is 49.8 Å². The Morgan fingerprint density at radius 1 is 1.09 bits per heavy atom. The minimum atomic E-state index is -3.85. The number of aromatic nitrogens is 4. The van der Waals surface area contributed by atoms with Crippen LogP contribution in [0, 0.1) is 12.7 Å². The monoisotopic (exact) mass is 476 g/mol. The Labute approximate surface area is 187 Å². The molecular formula is C20H18ClFN6O3S. The molecule has 0 saturated carbocycles. The Balaban J connectivity index is 1.63. The fourth-order valence-corrected chi connectivity index (χ4v) is 4.68. The molecule has 0 saturated heterocycles. The van der Waals surface area contributed by atoms with Crippen molar-refractivity contribution in [2.45, 2.75) is 11.8 Å². The lowest BCUT2D eigenvalue weighted by Crippen LogP contribution is -2.16. The van der Waals surface area contributed by atoms with Crippen LogP contribution in [0.1, 0.15) is 16.2 Å². The summed E-state index contributed by atoms with van der Waals surface area (Å²) in [5.74, 6) is -1.07. The van der Waals surface area contributed by atoms with Crippen LogP contribution in [0.2, 0.25) is 5.02 Å². The second-order valence-electron chi connectivity index (χ2n) is 7.11. The number of sulfonamides is 1. The minimum Gasteiger partial charge on any atom is -0.321 e. The van der Waals surface area contributed by atoms with Gasteiger partial charge in [-0.25, -0.2) is 12.8 Å².